The second-order valence-corrected chi connectivity index (χ2v) is 7.47. The fourth-order valence-electron chi connectivity index (χ4n) is 3.82. The summed E-state index contributed by atoms with van der Waals surface area (Å²) in [6.45, 7) is 6.03. The smallest absolute Gasteiger partial charge is 0.118 e. The number of methoxy groups -OCH3 is 1. The number of nitrogens with zero attached hydrogens (tertiary/aromatic N) is 1. The Kier molecular flexibility index (Phi) is 5.45. The number of benzene rings is 2. The van der Waals surface area contributed by atoms with Crippen molar-refractivity contribution in [3.8, 4) is 5.75 Å². The largest absolute Gasteiger partial charge is 0.497 e. The number of likely N-dealkylation sites (tertiary alicyclic amines) is 1. The Hall–Kier alpha value is -1.84. The fourth-order valence-corrected chi connectivity index (χ4v) is 3.82. The first kappa shape index (κ1) is 18.0. The van der Waals surface area contributed by atoms with Crippen molar-refractivity contribution in [3.63, 3.8) is 0 Å². The Morgan fingerprint density at radius 3 is 2.40 bits per heavy atom. The molecule has 1 saturated heterocycles. The molecule has 3 unspecified atom stereocenters. The van der Waals surface area contributed by atoms with Gasteiger partial charge in [-0.2, -0.15) is 0 Å². The van der Waals surface area contributed by atoms with Gasteiger partial charge in [0.1, 0.15) is 5.75 Å². The maximum absolute atomic E-state index is 10.8. The first-order valence-electron chi connectivity index (χ1n) is 9.13. The van der Waals surface area contributed by atoms with E-state index in [4.69, 9.17) is 4.74 Å². The Labute approximate surface area is 151 Å². The van der Waals surface area contributed by atoms with Crippen molar-refractivity contribution in [1.29, 1.82) is 0 Å². The number of hydrogen-bond acceptors (Lipinski definition) is 3. The Balaban J connectivity index is 1.80. The van der Waals surface area contributed by atoms with Gasteiger partial charge in [-0.25, -0.2) is 0 Å². The van der Waals surface area contributed by atoms with Crippen LogP contribution < -0.4 is 4.74 Å². The van der Waals surface area contributed by atoms with E-state index in [2.05, 4.69) is 54.3 Å². The van der Waals surface area contributed by atoms with Gasteiger partial charge in [-0.1, -0.05) is 49.4 Å². The van der Waals surface area contributed by atoms with E-state index in [1.165, 1.54) is 11.1 Å². The van der Waals surface area contributed by atoms with Gasteiger partial charge in [0.05, 0.1) is 12.7 Å². The van der Waals surface area contributed by atoms with E-state index in [0.29, 0.717) is 6.04 Å². The van der Waals surface area contributed by atoms with Crippen LogP contribution in [0, 0.1) is 5.92 Å². The Morgan fingerprint density at radius 2 is 1.76 bits per heavy atom. The third-order valence-electron chi connectivity index (χ3n) is 5.76. The molecule has 134 valence electrons. The van der Waals surface area contributed by atoms with Crippen LogP contribution in [-0.2, 0) is 13.0 Å². The van der Waals surface area contributed by atoms with Crippen LogP contribution in [0.15, 0.2) is 54.6 Å². The molecule has 3 nitrogen and oxygen atoms in total. The maximum atomic E-state index is 10.8. The van der Waals surface area contributed by atoms with E-state index < -0.39 is 5.60 Å². The van der Waals surface area contributed by atoms with Gasteiger partial charge in [0, 0.05) is 25.0 Å². The molecule has 1 aliphatic heterocycles. The van der Waals surface area contributed by atoms with Crippen LogP contribution >= 0.6 is 0 Å². The quantitative estimate of drug-likeness (QED) is 0.897. The number of hydrogen-bond donors (Lipinski definition) is 1. The summed E-state index contributed by atoms with van der Waals surface area (Å²) < 4.78 is 5.26. The molecule has 0 amide bonds. The van der Waals surface area contributed by atoms with E-state index in [1.807, 2.05) is 19.1 Å². The van der Waals surface area contributed by atoms with Crippen molar-refractivity contribution < 1.29 is 9.84 Å². The van der Waals surface area contributed by atoms with E-state index in [1.54, 1.807) is 7.11 Å². The van der Waals surface area contributed by atoms with Crippen molar-refractivity contribution >= 4 is 0 Å². The Morgan fingerprint density at radius 1 is 1.08 bits per heavy atom. The zero-order valence-corrected chi connectivity index (χ0v) is 15.5. The third-order valence-corrected chi connectivity index (χ3v) is 5.76. The molecule has 2 aromatic carbocycles. The lowest BCUT2D eigenvalue weighted by Gasteiger charge is -2.48. The van der Waals surface area contributed by atoms with Crippen LogP contribution in [0.25, 0.3) is 0 Å². The summed E-state index contributed by atoms with van der Waals surface area (Å²) in [5.74, 6) is 1.10. The molecule has 0 spiro atoms. The van der Waals surface area contributed by atoms with E-state index >= 15 is 0 Å². The van der Waals surface area contributed by atoms with Crippen molar-refractivity contribution in [1.82, 2.24) is 4.90 Å². The molecule has 0 bridgehead atoms. The topological polar surface area (TPSA) is 32.7 Å². The molecule has 25 heavy (non-hydrogen) atoms. The first-order chi connectivity index (χ1) is 12.0. The minimum atomic E-state index is -0.607. The highest BCUT2D eigenvalue weighted by molar-refractivity contribution is 5.28. The summed E-state index contributed by atoms with van der Waals surface area (Å²) in [4.78, 5) is 2.53. The van der Waals surface area contributed by atoms with Gasteiger partial charge in [-0.05, 0) is 43.0 Å². The van der Waals surface area contributed by atoms with E-state index in [0.717, 1.165) is 31.7 Å². The van der Waals surface area contributed by atoms with Gasteiger partial charge < -0.3 is 9.84 Å². The van der Waals surface area contributed by atoms with Crippen LogP contribution in [0.3, 0.4) is 0 Å². The first-order valence-corrected chi connectivity index (χ1v) is 9.13. The predicted octanol–water partition coefficient (Wildman–Crippen LogP) is 3.90. The molecule has 2 aromatic rings. The monoisotopic (exact) mass is 339 g/mol. The van der Waals surface area contributed by atoms with Crippen molar-refractivity contribution in [2.24, 2.45) is 5.92 Å². The highest BCUT2D eigenvalue weighted by atomic mass is 16.5. The second-order valence-electron chi connectivity index (χ2n) is 7.47. The zero-order chi connectivity index (χ0) is 17.9. The lowest BCUT2D eigenvalue weighted by molar-refractivity contribution is -0.0837. The van der Waals surface area contributed by atoms with Gasteiger partial charge in [0.2, 0.25) is 0 Å². The molecule has 3 rings (SSSR count). The fraction of sp³-hybridized carbons (Fsp3) is 0.455. The normalized spacial score (nSPS) is 27.2. The van der Waals surface area contributed by atoms with Crippen molar-refractivity contribution in [2.75, 3.05) is 13.7 Å². The number of aliphatic hydroxyl groups is 1. The number of rotatable bonds is 5. The summed E-state index contributed by atoms with van der Waals surface area (Å²) in [5.41, 5.74) is 2.01. The van der Waals surface area contributed by atoms with Crippen molar-refractivity contribution in [3.05, 3.63) is 65.7 Å². The lowest BCUT2D eigenvalue weighted by Crippen LogP contribution is -2.56. The Bertz CT molecular complexity index is 666. The molecule has 1 aliphatic rings. The molecule has 1 fully saturated rings. The third kappa shape index (κ3) is 4.23. The summed E-state index contributed by atoms with van der Waals surface area (Å²) in [6, 6.07) is 19.2. The average molecular weight is 339 g/mol. The van der Waals surface area contributed by atoms with Gasteiger partial charge >= 0.3 is 0 Å². The SMILES string of the molecule is COc1ccc(CC2C(C)C(C)(O)CCN2Cc2ccccc2)cc1. The maximum Gasteiger partial charge on any atom is 0.118 e. The van der Waals surface area contributed by atoms with Crippen LogP contribution in [0.2, 0.25) is 0 Å². The number of piperidine rings is 1. The van der Waals surface area contributed by atoms with Crippen LogP contribution in [0.5, 0.6) is 5.75 Å². The zero-order valence-electron chi connectivity index (χ0n) is 15.5. The molecule has 1 heterocycles. The minimum absolute atomic E-state index is 0.215. The van der Waals surface area contributed by atoms with Crippen LogP contribution in [0.1, 0.15) is 31.4 Å². The summed E-state index contributed by atoms with van der Waals surface area (Å²) in [6.07, 6.45) is 1.76. The molecule has 1 N–H and O–H groups in total. The second kappa shape index (κ2) is 7.59. The molecule has 0 radical (unpaired) electrons. The lowest BCUT2D eigenvalue weighted by atomic mass is 9.76. The van der Waals surface area contributed by atoms with E-state index in [-0.39, 0.29) is 5.92 Å². The average Bonchev–Trinajstić information content (AvgIpc) is 2.63. The number of ether oxygens (including phenoxy) is 1. The van der Waals surface area contributed by atoms with Crippen molar-refractivity contribution in [2.45, 2.75) is 44.9 Å². The standard InChI is InChI=1S/C22H29NO2/c1-17-21(15-18-9-11-20(25-3)12-10-18)23(14-13-22(17,2)24)16-19-7-5-4-6-8-19/h4-12,17,21,24H,13-16H2,1-3H3. The predicted molar refractivity (Wildman–Crippen MR) is 102 cm³/mol. The van der Waals surface area contributed by atoms with Crippen LogP contribution in [0.4, 0.5) is 0 Å². The molecular formula is C22H29NO2. The van der Waals surface area contributed by atoms with E-state index in [9.17, 15) is 5.11 Å². The molecule has 0 saturated carbocycles. The molecule has 0 aliphatic carbocycles. The summed E-state index contributed by atoms with van der Waals surface area (Å²) in [5, 5.41) is 10.8. The highest BCUT2D eigenvalue weighted by Crippen LogP contribution is 2.35. The van der Waals surface area contributed by atoms with Gasteiger partial charge in [0.25, 0.3) is 0 Å². The summed E-state index contributed by atoms with van der Waals surface area (Å²) >= 11 is 0. The highest BCUT2D eigenvalue weighted by Gasteiger charge is 2.41. The van der Waals surface area contributed by atoms with Gasteiger partial charge in [-0.3, -0.25) is 4.90 Å². The molecule has 3 heteroatoms. The summed E-state index contributed by atoms with van der Waals surface area (Å²) in [7, 11) is 1.69. The van der Waals surface area contributed by atoms with Gasteiger partial charge in [0.15, 0.2) is 0 Å². The molecule has 3 atom stereocenters. The van der Waals surface area contributed by atoms with Crippen LogP contribution in [-0.4, -0.2) is 35.3 Å². The minimum Gasteiger partial charge on any atom is -0.497 e. The molecule has 0 aromatic heterocycles. The van der Waals surface area contributed by atoms with Gasteiger partial charge in [-0.15, -0.1) is 0 Å². The molecular weight excluding hydrogens is 310 g/mol.